The number of rotatable bonds is 7. The van der Waals surface area contributed by atoms with Crippen LogP contribution in [0.3, 0.4) is 0 Å². The number of morpholine rings is 1. The fourth-order valence-corrected chi connectivity index (χ4v) is 2.26. The Morgan fingerprint density at radius 2 is 1.86 bits per heavy atom. The largest absolute Gasteiger partial charge is 0.497 e. The summed E-state index contributed by atoms with van der Waals surface area (Å²) in [5.41, 5.74) is 0. The number of ether oxygens (including phenoxy) is 4. The van der Waals surface area contributed by atoms with E-state index in [4.69, 9.17) is 18.9 Å². The van der Waals surface area contributed by atoms with Crippen molar-refractivity contribution >= 4 is 5.97 Å². The monoisotopic (exact) mass is 309 g/mol. The predicted molar refractivity (Wildman–Crippen MR) is 81.3 cm³/mol. The van der Waals surface area contributed by atoms with Crippen molar-refractivity contribution in [2.75, 3.05) is 46.6 Å². The van der Waals surface area contributed by atoms with Crippen molar-refractivity contribution in [2.45, 2.75) is 13.0 Å². The molecular formula is C16H23NO5. The second-order valence-electron chi connectivity index (χ2n) is 5.18. The molecule has 1 fully saturated rings. The van der Waals surface area contributed by atoms with Gasteiger partial charge in [-0.3, -0.25) is 4.90 Å². The number of nitrogens with zero attached hydrogens (tertiary/aromatic N) is 1. The molecule has 0 aliphatic carbocycles. The molecule has 6 nitrogen and oxygen atoms in total. The molecule has 1 heterocycles. The zero-order valence-corrected chi connectivity index (χ0v) is 13.1. The first-order chi connectivity index (χ1) is 10.7. The van der Waals surface area contributed by atoms with Crippen molar-refractivity contribution in [3.63, 3.8) is 0 Å². The van der Waals surface area contributed by atoms with E-state index in [1.54, 1.807) is 31.4 Å². The van der Waals surface area contributed by atoms with Crippen LogP contribution in [0.2, 0.25) is 0 Å². The Kier molecular flexibility index (Phi) is 6.48. The molecule has 2 rings (SSSR count). The highest BCUT2D eigenvalue weighted by molar-refractivity contribution is 5.71. The highest BCUT2D eigenvalue weighted by atomic mass is 16.6. The molecule has 1 aliphatic heterocycles. The average molecular weight is 309 g/mol. The molecule has 0 N–H and O–H groups in total. The SMILES string of the molecule is COc1ccc(OCC(=O)O[C@@H](C)CN2CCOCC2)cc1. The lowest BCUT2D eigenvalue weighted by molar-refractivity contribution is -0.151. The predicted octanol–water partition coefficient (Wildman–Crippen LogP) is 1.34. The molecular weight excluding hydrogens is 286 g/mol. The molecule has 1 saturated heterocycles. The third-order valence-electron chi connectivity index (χ3n) is 3.37. The molecule has 1 aromatic carbocycles. The van der Waals surface area contributed by atoms with Crippen LogP contribution in [0.1, 0.15) is 6.92 Å². The lowest BCUT2D eigenvalue weighted by Crippen LogP contribution is -2.41. The minimum absolute atomic E-state index is 0.0974. The van der Waals surface area contributed by atoms with Crippen molar-refractivity contribution in [3.05, 3.63) is 24.3 Å². The first-order valence-corrected chi connectivity index (χ1v) is 7.44. The number of methoxy groups -OCH3 is 1. The molecule has 6 heteroatoms. The van der Waals surface area contributed by atoms with Gasteiger partial charge >= 0.3 is 5.97 Å². The van der Waals surface area contributed by atoms with Gasteiger partial charge in [-0.1, -0.05) is 0 Å². The summed E-state index contributed by atoms with van der Waals surface area (Å²) in [6.45, 7) is 5.75. The van der Waals surface area contributed by atoms with E-state index in [1.165, 1.54) is 0 Å². The van der Waals surface area contributed by atoms with Crippen LogP contribution in [0.5, 0.6) is 11.5 Å². The quantitative estimate of drug-likeness (QED) is 0.709. The number of esters is 1. The van der Waals surface area contributed by atoms with Gasteiger partial charge in [0.15, 0.2) is 6.61 Å². The molecule has 0 amide bonds. The van der Waals surface area contributed by atoms with Gasteiger partial charge < -0.3 is 18.9 Å². The Balaban J connectivity index is 1.67. The standard InChI is InChI=1S/C16H23NO5/c1-13(11-17-7-9-20-10-8-17)22-16(18)12-21-15-5-3-14(19-2)4-6-15/h3-6,13H,7-12H2,1-2H3/t13-/m0/s1. The van der Waals surface area contributed by atoms with Crippen LogP contribution in [-0.2, 0) is 14.3 Å². The van der Waals surface area contributed by atoms with Gasteiger partial charge in [0.1, 0.15) is 17.6 Å². The van der Waals surface area contributed by atoms with E-state index in [2.05, 4.69) is 4.90 Å². The Morgan fingerprint density at radius 1 is 1.23 bits per heavy atom. The summed E-state index contributed by atoms with van der Waals surface area (Å²) in [4.78, 5) is 14.0. The summed E-state index contributed by atoms with van der Waals surface area (Å²) in [6.07, 6.45) is -0.162. The molecule has 1 aliphatic rings. The Hall–Kier alpha value is -1.79. The minimum Gasteiger partial charge on any atom is -0.497 e. The van der Waals surface area contributed by atoms with Crippen LogP contribution >= 0.6 is 0 Å². The minimum atomic E-state index is -0.364. The van der Waals surface area contributed by atoms with Gasteiger partial charge in [0.05, 0.1) is 20.3 Å². The molecule has 0 radical (unpaired) electrons. The maximum absolute atomic E-state index is 11.8. The van der Waals surface area contributed by atoms with Crippen LogP contribution in [0.15, 0.2) is 24.3 Å². The van der Waals surface area contributed by atoms with Gasteiger partial charge in [-0.05, 0) is 31.2 Å². The number of carbonyl (C=O) groups is 1. The Morgan fingerprint density at radius 3 is 2.50 bits per heavy atom. The number of benzene rings is 1. The van der Waals surface area contributed by atoms with E-state index in [1.807, 2.05) is 6.92 Å². The highest BCUT2D eigenvalue weighted by Gasteiger charge is 2.16. The van der Waals surface area contributed by atoms with Gasteiger partial charge in [-0.25, -0.2) is 4.79 Å². The van der Waals surface area contributed by atoms with Crippen LogP contribution < -0.4 is 9.47 Å². The maximum Gasteiger partial charge on any atom is 0.344 e. The smallest absolute Gasteiger partial charge is 0.344 e. The van der Waals surface area contributed by atoms with E-state index in [-0.39, 0.29) is 18.7 Å². The highest BCUT2D eigenvalue weighted by Crippen LogP contribution is 2.16. The van der Waals surface area contributed by atoms with Crippen molar-refractivity contribution in [2.24, 2.45) is 0 Å². The molecule has 0 unspecified atom stereocenters. The molecule has 0 bridgehead atoms. The van der Waals surface area contributed by atoms with Crippen molar-refractivity contribution in [3.8, 4) is 11.5 Å². The lowest BCUT2D eigenvalue weighted by Gasteiger charge is -2.28. The summed E-state index contributed by atoms with van der Waals surface area (Å²) in [5, 5.41) is 0. The van der Waals surface area contributed by atoms with Crippen LogP contribution in [0.25, 0.3) is 0 Å². The van der Waals surface area contributed by atoms with Gasteiger partial charge in [-0.15, -0.1) is 0 Å². The van der Waals surface area contributed by atoms with E-state index < -0.39 is 0 Å². The molecule has 1 atom stereocenters. The van der Waals surface area contributed by atoms with E-state index in [0.717, 1.165) is 38.6 Å². The third-order valence-corrected chi connectivity index (χ3v) is 3.37. The second kappa shape index (κ2) is 8.60. The topological polar surface area (TPSA) is 57.2 Å². The van der Waals surface area contributed by atoms with E-state index >= 15 is 0 Å². The Labute approximate surface area is 130 Å². The number of hydrogen-bond acceptors (Lipinski definition) is 6. The van der Waals surface area contributed by atoms with Crippen molar-refractivity contribution in [1.29, 1.82) is 0 Å². The van der Waals surface area contributed by atoms with Gasteiger partial charge in [0.2, 0.25) is 0 Å². The normalized spacial score (nSPS) is 16.8. The van der Waals surface area contributed by atoms with Crippen LogP contribution in [0.4, 0.5) is 0 Å². The van der Waals surface area contributed by atoms with Crippen molar-refractivity contribution < 1.29 is 23.7 Å². The summed E-state index contributed by atoms with van der Waals surface area (Å²) in [5.74, 6) is 0.990. The maximum atomic E-state index is 11.8. The van der Waals surface area contributed by atoms with Gasteiger partial charge in [0.25, 0.3) is 0 Å². The molecule has 22 heavy (non-hydrogen) atoms. The van der Waals surface area contributed by atoms with Crippen molar-refractivity contribution in [1.82, 2.24) is 4.90 Å². The van der Waals surface area contributed by atoms with Crippen LogP contribution in [0, 0.1) is 0 Å². The Bertz CT molecular complexity index is 456. The van der Waals surface area contributed by atoms with E-state index in [0.29, 0.717) is 5.75 Å². The summed E-state index contributed by atoms with van der Waals surface area (Å²) in [7, 11) is 1.60. The zero-order chi connectivity index (χ0) is 15.8. The summed E-state index contributed by atoms with van der Waals surface area (Å²) < 4.78 is 21.1. The second-order valence-corrected chi connectivity index (χ2v) is 5.18. The third kappa shape index (κ3) is 5.54. The van der Waals surface area contributed by atoms with Gasteiger partial charge in [-0.2, -0.15) is 0 Å². The fourth-order valence-electron chi connectivity index (χ4n) is 2.26. The first kappa shape index (κ1) is 16.6. The van der Waals surface area contributed by atoms with E-state index in [9.17, 15) is 4.79 Å². The molecule has 0 saturated carbocycles. The first-order valence-electron chi connectivity index (χ1n) is 7.44. The number of carbonyl (C=O) groups excluding carboxylic acids is 1. The average Bonchev–Trinajstić information content (AvgIpc) is 2.54. The summed E-state index contributed by atoms with van der Waals surface area (Å²) >= 11 is 0. The fraction of sp³-hybridized carbons (Fsp3) is 0.562. The van der Waals surface area contributed by atoms with Crippen LogP contribution in [-0.4, -0.2) is 63.5 Å². The lowest BCUT2D eigenvalue weighted by atomic mass is 10.3. The molecule has 122 valence electrons. The molecule has 1 aromatic rings. The molecule has 0 spiro atoms. The molecule has 0 aromatic heterocycles. The number of hydrogen-bond donors (Lipinski definition) is 0. The zero-order valence-electron chi connectivity index (χ0n) is 13.1. The van der Waals surface area contributed by atoms with Gasteiger partial charge in [0, 0.05) is 19.6 Å². The summed E-state index contributed by atoms with van der Waals surface area (Å²) in [6, 6.07) is 7.07.